The number of urea groups is 1. The van der Waals surface area contributed by atoms with Gasteiger partial charge in [0.1, 0.15) is 0 Å². The van der Waals surface area contributed by atoms with Crippen molar-refractivity contribution in [2.24, 2.45) is 11.8 Å². The minimum atomic E-state index is -0.184. The summed E-state index contributed by atoms with van der Waals surface area (Å²) in [6, 6.07) is 7.38. The molecule has 1 unspecified atom stereocenters. The molecular weight excluding hydrogens is 328 g/mol. The SMILES string of the molecule is COC(=O)C1CCN(C(=O)NC(c2ccc(Cl)cc2)C(C)C)CC1. The van der Waals surface area contributed by atoms with Crippen molar-refractivity contribution in [2.75, 3.05) is 20.2 Å². The number of carbonyl (C=O) groups is 2. The van der Waals surface area contributed by atoms with Gasteiger partial charge in [-0.05, 0) is 36.5 Å². The Hall–Kier alpha value is -1.75. The van der Waals surface area contributed by atoms with Crippen LogP contribution in [0.5, 0.6) is 0 Å². The molecule has 0 bridgehead atoms. The first-order valence-electron chi connectivity index (χ1n) is 8.31. The van der Waals surface area contributed by atoms with Gasteiger partial charge in [-0.1, -0.05) is 37.6 Å². The number of methoxy groups -OCH3 is 1. The number of hydrogen-bond acceptors (Lipinski definition) is 3. The van der Waals surface area contributed by atoms with Gasteiger partial charge in [-0.15, -0.1) is 0 Å². The number of likely N-dealkylation sites (tertiary alicyclic amines) is 1. The number of amides is 2. The zero-order valence-corrected chi connectivity index (χ0v) is 15.2. The number of ether oxygens (including phenoxy) is 1. The fraction of sp³-hybridized carbons (Fsp3) is 0.556. The number of nitrogens with zero attached hydrogens (tertiary/aromatic N) is 1. The van der Waals surface area contributed by atoms with Crippen molar-refractivity contribution >= 4 is 23.6 Å². The molecule has 1 aromatic carbocycles. The summed E-state index contributed by atoms with van der Waals surface area (Å²) in [4.78, 5) is 25.9. The van der Waals surface area contributed by atoms with Crippen LogP contribution >= 0.6 is 11.6 Å². The number of esters is 1. The lowest BCUT2D eigenvalue weighted by Crippen LogP contribution is -2.47. The lowest BCUT2D eigenvalue weighted by atomic mass is 9.95. The summed E-state index contributed by atoms with van der Waals surface area (Å²) in [5, 5.41) is 3.79. The van der Waals surface area contributed by atoms with Crippen molar-refractivity contribution in [1.29, 1.82) is 0 Å². The molecule has 1 heterocycles. The van der Waals surface area contributed by atoms with Crippen molar-refractivity contribution < 1.29 is 14.3 Å². The lowest BCUT2D eigenvalue weighted by Gasteiger charge is -2.33. The summed E-state index contributed by atoms with van der Waals surface area (Å²) >= 11 is 5.94. The Kier molecular flexibility index (Phi) is 6.49. The largest absolute Gasteiger partial charge is 0.469 e. The first-order chi connectivity index (χ1) is 11.4. The highest BCUT2D eigenvalue weighted by molar-refractivity contribution is 6.30. The fourth-order valence-corrected chi connectivity index (χ4v) is 3.14. The average molecular weight is 353 g/mol. The molecule has 2 amide bonds. The standard InChI is InChI=1S/C18H25ClN2O3/c1-12(2)16(13-4-6-15(19)7-5-13)20-18(23)21-10-8-14(9-11-21)17(22)24-3/h4-7,12,14,16H,8-11H2,1-3H3,(H,20,23). The molecule has 0 radical (unpaired) electrons. The Balaban J connectivity index is 1.97. The van der Waals surface area contributed by atoms with E-state index < -0.39 is 0 Å². The van der Waals surface area contributed by atoms with Crippen molar-refractivity contribution in [2.45, 2.75) is 32.7 Å². The topological polar surface area (TPSA) is 58.6 Å². The molecule has 132 valence electrons. The zero-order chi connectivity index (χ0) is 17.7. The van der Waals surface area contributed by atoms with E-state index in [0.717, 1.165) is 5.56 Å². The molecule has 5 nitrogen and oxygen atoms in total. The average Bonchev–Trinajstić information content (AvgIpc) is 2.59. The highest BCUT2D eigenvalue weighted by Crippen LogP contribution is 2.24. The Morgan fingerprint density at radius 2 is 1.79 bits per heavy atom. The summed E-state index contributed by atoms with van der Waals surface area (Å²) in [6.07, 6.45) is 1.29. The molecular formula is C18H25ClN2O3. The second-order valence-electron chi connectivity index (χ2n) is 6.51. The second-order valence-corrected chi connectivity index (χ2v) is 6.94. The van der Waals surface area contributed by atoms with E-state index in [0.29, 0.717) is 31.0 Å². The van der Waals surface area contributed by atoms with Crippen LogP contribution in [0, 0.1) is 11.8 Å². The maximum absolute atomic E-state index is 12.6. The minimum absolute atomic E-state index is 0.0758. The van der Waals surface area contributed by atoms with Crippen LogP contribution in [0.4, 0.5) is 4.79 Å². The first-order valence-corrected chi connectivity index (χ1v) is 8.69. The van der Waals surface area contributed by atoms with Crippen LogP contribution in [-0.4, -0.2) is 37.1 Å². The van der Waals surface area contributed by atoms with E-state index in [1.165, 1.54) is 7.11 Å². The fourth-order valence-electron chi connectivity index (χ4n) is 3.01. The van der Waals surface area contributed by atoms with Gasteiger partial charge in [-0.3, -0.25) is 4.79 Å². The minimum Gasteiger partial charge on any atom is -0.469 e. The molecule has 1 N–H and O–H groups in total. The molecule has 1 aromatic rings. The van der Waals surface area contributed by atoms with E-state index in [-0.39, 0.29) is 29.9 Å². The Morgan fingerprint density at radius 1 is 1.21 bits per heavy atom. The number of hydrogen-bond donors (Lipinski definition) is 1. The number of rotatable bonds is 4. The van der Waals surface area contributed by atoms with Gasteiger partial charge in [-0.25, -0.2) is 4.79 Å². The molecule has 1 atom stereocenters. The maximum Gasteiger partial charge on any atom is 0.317 e. The number of benzene rings is 1. The molecule has 0 aromatic heterocycles. The van der Waals surface area contributed by atoms with E-state index in [1.54, 1.807) is 4.90 Å². The quantitative estimate of drug-likeness (QED) is 0.842. The third kappa shape index (κ3) is 4.63. The van der Waals surface area contributed by atoms with Crippen LogP contribution in [0.15, 0.2) is 24.3 Å². The molecule has 0 aliphatic carbocycles. The summed E-state index contributed by atoms with van der Waals surface area (Å²) < 4.78 is 4.78. The maximum atomic E-state index is 12.6. The van der Waals surface area contributed by atoms with E-state index in [2.05, 4.69) is 19.2 Å². The summed E-state index contributed by atoms with van der Waals surface area (Å²) in [7, 11) is 1.40. The van der Waals surface area contributed by atoms with Gasteiger partial charge in [0.15, 0.2) is 0 Å². The van der Waals surface area contributed by atoms with Gasteiger partial charge in [0.25, 0.3) is 0 Å². The van der Waals surface area contributed by atoms with E-state index >= 15 is 0 Å². The predicted octanol–water partition coefficient (Wildman–Crippen LogP) is 3.63. The van der Waals surface area contributed by atoms with Crippen LogP contribution in [-0.2, 0) is 9.53 Å². The zero-order valence-electron chi connectivity index (χ0n) is 14.4. The van der Waals surface area contributed by atoms with Gasteiger partial charge >= 0.3 is 12.0 Å². The van der Waals surface area contributed by atoms with Crippen molar-refractivity contribution in [3.05, 3.63) is 34.9 Å². The van der Waals surface area contributed by atoms with Crippen LogP contribution in [0.2, 0.25) is 5.02 Å². The molecule has 1 aliphatic heterocycles. The van der Waals surface area contributed by atoms with Crippen LogP contribution < -0.4 is 5.32 Å². The molecule has 0 spiro atoms. The Morgan fingerprint density at radius 3 is 2.29 bits per heavy atom. The normalized spacial score (nSPS) is 16.8. The van der Waals surface area contributed by atoms with E-state index in [9.17, 15) is 9.59 Å². The molecule has 6 heteroatoms. The van der Waals surface area contributed by atoms with Crippen molar-refractivity contribution in [3.8, 4) is 0 Å². The molecule has 1 fully saturated rings. The van der Waals surface area contributed by atoms with Crippen LogP contribution in [0.1, 0.15) is 38.3 Å². The predicted molar refractivity (Wildman–Crippen MR) is 93.9 cm³/mol. The smallest absolute Gasteiger partial charge is 0.317 e. The number of nitrogens with one attached hydrogen (secondary N) is 1. The Bertz CT molecular complexity index is 566. The number of carbonyl (C=O) groups excluding carboxylic acids is 2. The molecule has 1 saturated heterocycles. The highest BCUT2D eigenvalue weighted by atomic mass is 35.5. The Labute approximate surface area is 148 Å². The third-order valence-corrected chi connectivity index (χ3v) is 4.74. The van der Waals surface area contributed by atoms with Crippen molar-refractivity contribution in [1.82, 2.24) is 10.2 Å². The van der Waals surface area contributed by atoms with E-state index in [1.807, 2.05) is 24.3 Å². The monoisotopic (exact) mass is 352 g/mol. The number of piperidine rings is 1. The first kappa shape index (κ1) is 18.6. The molecule has 1 aliphatic rings. The van der Waals surface area contributed by atoms with E-state index in [4.69, 9.17) is 16.3 Å². The second kappa shape index (κ2) is 8.38. The highest BCUT2D eigenvalue weighted by Gasteiger charge is 2.29. The molecule has 24 heavy (non-hydrogen) atoms. The third-order valence-electron chi connectivity index (χ3n) is 4.49. The van der Waals surface area contributed by atoms with Crippen molar-refractivity contribution in [3.63, 3.8) is 0 Å². The summed E-state index contributed by atoms with van der Waals surface area (Å²) in [6.45, 7) is 5.28. The molecule has 2 rings (SSSR count). The lowest BCUT2D eigenvalue weighted by molar-refractivity contribution is -0.146. The summed E-state index contributed by atoms with van der Waals surface area (Å²) in [5.41, 5.74) is 1.03. The van der Waals surface area contributed by atoms with Gasteiger partial charge in [0.05, 0.1) is 19.1 Å². The van der Waals surface area contributed by atoms with Gasteiger partial charge in [-0.2, -0.15) is 0 Å². The van der Waals surface area contributed by atoms with Gasteiger partial charge in [0, 0.05) is 18.1 Å². The molecule has 0 saturated carbocycles. The van der Waals surface area contributed by atoms with Crippen LogP contribution in [0.3, 0.4) is 0 Å². The summed E-state index contributed by atoms with van der Waals surface area (Å²) in [5.74, 6) is -0.0322. The number of halogens is 1. The van der Waals surface area contributed by atoms with Crippen LogP contribution in [0.25, 0.3) is 0 Å². The van der Waals surface area contributed by atoms with Gasteiger partial charge < -0.3 is 15.0 Å². The van der Waals surface area contributed by atoms with Gasteiger partial charge in [0.2, 0.25) is 0 Å².